The van der Waals surface area contributed by atoms with E-state index in [0.717, 1.165) is 17.1 Å². The number of aryl methyl sites for hydroxylation is 2. The molecular formula is C12H18BrNO3. The highest BCUT2D eigenvalue weighted by molar-refractivity contribution is 9.10. The summed E-state index contributed by atoms with van der Waals surface area (Å²) >= 11 is 3.27. The third-order valence-corrected chi connectivity index (χ3v) is 3.30. The number of rotatable bonds is 5. The van der Waals surface area contributed by atoms with E-state index in [1.165, 1.54) is 7.11 Å². The average molecular weight is 304 g/mol. The van der Waals surface area contributed by atoms with Gasteiger partial charge in [-0.2, -0.15) is 0 Å². The Morgan fingerprint density at radius 1 is 1.59 bits per heavy atom. The van der Waals surface area contributed by atoms with Gasteiger partial charge in [-0.25, -0.2) is 0 Å². The SMILES string of the molecule is COC(=O)C(Br)CNC(C)c1cc(C)oc1C. The molecule has 1 aromatic rings. The summed E-state index contributed by atoms with van der Waals surface area (Å²) < 4.78 is 10.1. The summed E-state index contributed by atoms with van der Waals surface area (Å²) in [6, 6.07) is 2.14. The quantitative estimate of drug-likeness (QED) is 0.671. The van der Waals surface area contributed by atoms with Gasteiger partial charge in [0.2, 0.25) is 0 Å². The van der Waals surface area contributed by atoms with Crippen LogP contribution in [-0.4, -0.2) is 24.5 Å². The highest BCUT2D eigenvalue weighted by Gasteiger charge is 2.18. The van der Waals surface area contributed by atoms with Crippen LogP contribution in [0.2, 0.25) is 0 Å². The van der Waals surface area contributed by atoms with Crippen molar-refractivity contribution >= 4 is 21.9 Å². The number of carbonyl (C=O) groups excluding carboxylic acids is 1. The lowest BCUT2D eigenvalue weighted by Crippen LogP contribution is -2.31. The van der Waals surface area contributed by atoms with Gasteiger partial charge in [0.05, 0.1) is 7.11 Å². The molecular weight excluding hydrogens is 286 g/mol. The first-order valence-electron chi connectivity index (χ1n) is 5.48. The van der Waals surface area contributed by atoms with Crippen LogP contribution in [0, 0.1) is 13.8 Å². The number of furan rings is 1. The molecule has 2 atom stereocenters. The molecule has 1 rings (SSSR count). The summed E-state index contributed by atoms with van der Waals surface area (Å²) in [5.41, 5.74) is 1.12. The van der Waals surface area contributed by atoms with Crippen molar-refractivity contribution in [2.24, 2.45) is 0 Å². The van der Waals surface area contributed by atoms with E-state index in [2.05, 4.69) is 26.0 Å². The molecule has 0 fully saturated rings. The Labute approximate surface area is 110 Å². The van der Waals surface area contributed by atoms with Crippen molar-refractivity contribution in [3.63, 3.8) is 0 Å². The first-order valence-corrected chi connectivity index (χ1v) is 6.39. The Kier molecular flexibility index (Phi) is 5.21. The van der Waals surface area contributed by atoms with Gasteiger partial charge in [0.15, 0.2) is 0 Å². The van der Waals surface area contributed by atoms with Gasteiger partial charge in [-0.1, -0.05) is 15.9 Å². The molecule has 0 aliphatic heterocycles. The molecule has 1 heterocycles. The van der Waals surface area contributed by atoms with E-state index in [4.69, 9.17) is 4.42 Å². The number of alkyl halides is 1. The lowest BCUT2D eigenvalue weighted by atomic mass is 10.1. The van der Waals surface area contributed by atoms with Crippen LogP contribution in [0.25, 0.3) is 0 Å². The summed E-state index contributed by atoms with van der Waals surface area (Å²) in [5, 5.41) is 3.26. The molecule has 0 saturated carbocycles. The summed E-state index contributed by atoms with van der Waals surface area (Å²) in [5.74, 6) is 1.53. The van der Waals surface area contributed by atoms with Crippen molar-refractivity contribution < 1.29 is 13.9 Å². The number of ether oxygens (including phenoxy) is 1. The third kappa shape index (κ3) is 3.85. The molecule has 0 radical (unpaired) electrons. The Bertz CT molecular complexity index is 389. The predicted octanol–water partition coefficient (Wildman–Crippen LogP) is 2.48. The zero-order valence-corrected chi connectivity index (χ0v) is 12.1. The Morgan fingerprint density at radius 3 is 2.71 bits per heavy atom. The fraction of sp³-hybridized carbons (Fsp3) is 0.583. The van der Waals surface area contributed by atoms with E-state index in [1.54, 1.807) is 0 Å². The number of methoxy groups -OCH3 is 1. The Morgan fingerprint density at radius 2 is 2.24 bits per heavy atom. The van der Waals surface area contributed by atoms with E-state index >= 15 is 0 Å². The van der Waals surface area contributed by atoms with Crippen LogP contribution in [0.15, 0.2) is 10.5 Å². The highest BCUT2D eigenvalue weighted by Crippen LogP contribution is 2.21. The van der Waals surface area contributed by atoms with Crippen LogP contribution in [0.3, 0.4) is 0 Å². The van der Waals surface area contributed by atoms with Gasteiger partial charge in [-0.15, -0.1) is 0 Å². The largest absolute Gasteiger partial charge is 0.468 e. The van der Waals surface area contributed by atoms with Gasteiger partial charge in [0.1, 0.15) is 16.3 Å². The van der Waals surface area contributed by atoms with E-state index in [-0.39, 0.29) is 16.8 Å². The van der Waals surface area contributed by atoms with E-state index in [1.807, 2.05) is 26.8 Å². The number of hydrogen-bond donors (Lipinski definition) is 1. The molecule has 0 aromatic carbocycles. The molecule has 96 valence electrons. The normalized spacial score (nSPS) is 14.4. The molecule has 1 N–H and O–H groups in total. The molecule has 0 saturated heterocycles. The fourth-order valence-corrected chi connectivity index (χ4v) is 2.06. The van der Waals surface area contributed by atoms with Gasteiger partial charge in [0.25, 0.3) is 0 Å². The van der Waals surface area contributed by atoms with Crippen LogP contribution in [-0.2, 0) is 9.53 Å². The molecule has 0 amide bonds. The van der Waals surface area contributed by atoms with Crippen molar-refractivity contribution in [2.75, 3.05) is 13.7 Å². The second-order valence-electron chi connectivity index (χ2n) is 3.99. The van der Waals surface area contributed by atoms with Crippen LogP contribution in [0.1, 0.15) is 30.0 Å². The number of hydrogen-bond acceptors (Lipinski definition) is 4. The Hall–Kier alpha value is -0.810. The summed E-state index contributed by atoms with van der Waals surface area (Å²) in [6.45, 7) is 6.41. The molecule has 2 unspecified atom stereocenters. The van der Waals surface area contributed by atoms with Crippen molar-refractivity contribution in [3.8, 4) is 0 Å². The second kappa shape index (κ2) is 6.21. The topological polar surface area (TPSA) is 51.5 Å². The maximum absolute atomic E-state index is 11.2. The van der Waals surface area contributed by atoms with Crippen molar-refractivity contribution in [1.29, 1.82) is 0 Å². The molecule has 0 bridgehead atoms. The average Bonchev–Trinajstić information content (AvgIpc) is 2.63. The summed E-state index contributed by atoms with van der Waals surface area (Å²) in [7, 11) is 1.38. The van der Waals surface area contributed by atoms with Crippen LogP contribution >= 0.6 is 15.9 Å². The van der Waals surface area contributed by atoms with Gasteiger partial charge in [-0.3, -0.25) is 4.79 Å². The highest BCUT2D eigenvalue weighted by atomic mass is 79.9. The number of esters is 1. The number of halogens is 1. The van der Waals surface area contributed by atoms with Crippen molar-refractivity contribution in [3.05, 3.63) is 23.2 Å². The molecule has 1 aromatic heterocycles. The molecule has 0 aliphatic carbocycles. The van der Waals surface area contributed by atoms with Gasteiger partial charge >= 0.3 is 5.97 Å². The summed E-state index contributed by atoms with van der Waals surface area (Å²) in [4.78, 5) is 10.9. The lowest BCUT2D eigenvalue weighted by Gasteiger charge is -2.15. The van der Waals surface area contributed by atoms with Crippen LogP contribution in [0.4, 0.5) is 0 Å². The van der Waals surface area contributed by atoms with Gasteiger partial charge in [0, 0.05) is 18.2 Å². The van der Waals surface area contributed by atoms with Gasteiger partial charge < -0.3 is 14.5 Å². The zero-order chi connectivity index (χ0) is 13.0. The minimum Gasteiger partial charge on any atom is -0.468 e. The lowest BCUT2D eigenvalue weighted by molar-refractivity contribution is -0.139. The zero-order valence-electron chi connectivity index (χ0n) is 10.5. The minimum absolute atomic E-state index is 0.136. The molecule has 0 aliphatic rings. The molecule has 4 nitrogen and oxygen atoms in total. The van der Waals surface area contributed by atoms with E-state index in [0.29, 0.717) is 6.54 Å². The fourth-order valence-electron chi connectivity index (χ4n) is 1.68. The number of carbonyl (C=O) groups is 1. The maximum atomic E-state index is 11.2. The smallest absolute Gasteiger partial charge is 0.320 e. The van der Waals surface area contributed by atoms with E-state index in [9.17, 15) is 4.79 Å². The van der Waals surface area contributed by atoms with Crippen molar-refractivity contribution in [1.82, 2.24) is 5.32 Å². The molecule has 5 heteroatoms. The first kappa shape index (κ1) is 14.3. The van der Waals surface area contributed by atoms with E-state index < -0.39 is 0 Å². The molecule has 17 heavy (non-hydrogen) atoms. The Balaban J connectivity index is 2.53. The minimum atomic E-state index is -0.330. The van der Waals surface area contributed by atoms with Gasteiger partial charge in [-0.05, 0) is 26.8 Å². The van der Waals surface area contributed by atoms with Crippen LogP contribution < -0.4 is 5.32 Å². The standard InChI is InChI=1S/C12H18BrNO3/c1-7-5-10(9(3)17-7)8(2)14-6-11(13)12(15)16-4/h5,8,11,14H,6H2,1-4H3. The van der Waals surface area contributed by atoms with Crippen LogP contribution in [0.5, 0.6) is 0 Å². The number of nitrogens with one attached hydrogen (secondary N) is 1. The van der Waals surface area contributed by atoms with Crippen molar-refractivity contribution in [2.45, 2.75) is 31.6 Å². The predicted molar refractivity (Wildman–Crippen MR) is 69.3 cm³/mol. The monoisotopic (exact) mass is 303 g/mol. The third-order valence-electron chi connectivity index (χ3n) is 2.61. The first-order chi connectivity index (χ1) is 7.95. The molecule has 0 spiro atoms. The summed E-state index contributed by atoms with van der Waals surface area (Å²) in [6.07, 6.45) is 0. The second-order valence-corrected chi connectivity index (χ2v) is 5.09. The maximum Gasteiger partial charge on any atom is 0.320 e.